The number of nitrogens with one attached hydrogen (secondary N) is 1. The quantitative estimate of drug-likeness (QED) is 0.0298. The smallest absolute Gasteiger partial charge is 0.220 e. The van der Waals surface area contributed by atoms with Gasteiger partial charge in [-0.25, -0.2) is 0 Å². The van der Waals surface area contributed by atoms with Crippen molar-refractivity contribution in [2.45, 2.75) is 211 Å². The Morgan fingerprint density at radius 2 is 1.14 bits per heavy atom. The first kappa shape index (κ1) is 47.4. The number of amides is 1. The number of rotatable bonds is 33. The molecule has 9 nitrogen and oxygen atoms in total. The maximum atomic E-state index is 12.9. The van der Waals surface area contributed by atoms with Gasteiger partial charge in [0.1, 0.15) is 24.4 Å². The molecule has 1 saturated heterocycles. The van der Waals surface area contributed by atoms with Crippen molar-refractivity contribution in [2.75, 3.05) is 13.2 Å². The largest absolute Gasteiger partial charge is 0.394 e. The van der Waals surface area contributed by atoms with Gasteiger partial charge in [0.15, 0.2) is 6.29 Å². The summed E-state index contributed by atoms with van der Waals surface area (Å²) < 4.78 is 11.1. The molecule has 0 aromatic carbocycles. The van der Waals surface area contributed by atoms with E-state index in [4.69, 9.17) is 9.47 Å². The van der Waals surface area contributed by atoms with Gasteiger partial charge in [-0.3, -0.25) is 4.79 Å². The zero-order valence-corrected chi connectivity index (χ0v) is 32.4. The van der Waals surface area contributed by atoms with Gasteiger partial charge >= 0.3 is 0 Å². The fourth-order valence-electron chi connectivity index (χ4n) is 6.37. The predicted octanol–water partition coefficient (Wildman–Crippen LogP) is 7.72. The summed E-state index contributed by atoms with van der Waals surface area (Å²) in [4.78, 5) is 12.9. The molecule has 0 bridgehead atoms. The first-order valence-corrected chi connectivity index (χ1v) is 20.7. The van der Waals surface area contributed by atoms with Crippen molar-refractivity contribution in [3.63, 3.8) is 0 Å². The second kappa shape index (κ2) is 33.0. The molecule has 1 rings (SSSR count). The van der Waals surface area contributed by atoms with Crippen LogP contribution in [-0.4, -0.2) is 87.5 Å². The number of hydrogen-bond acceptors (Lipinski definition) is 8. The van der Waals surface area contributed by atoms with Crippen LogP contribution in [0.2, 0.25) is 0 Å². The number of ether oxygens (including phenoxy) is 2. The first-order chi connectivity index (χ1) is 24.8. The summed E-state index contributed by atoms with van der Waals surface area (Å²) in [7, 11) is 0. The minimum Gasteiger partial charge on any atom is -0.394 e. The molecule has 0 aliphatic carbocycles. The molecule has 0 saturated carbocycles. The van der Waals surface area contributed by atoms with Crippen molar-refractivity contribution in [2.24, 2.45) is 0 Å². The summed E-state index contributed by atoms with van der Waals surface area (Å²) in [6.45, 7) is 3.61. The van der Waals surface area contributed by atoms with E-state index in [1.165, 1.54) is 96.3 Å². The number of hydrogen-bond donors (Lipinski definition) is 6. The molecule has 0 aromatic heterocycles. The molecule has 0 aromatic rings. The van der Waals surface area contributed by atoms with Gasteiger partial charge in [0.25, 0.3) is 0 Å². The van der Waals surface area contributed by atoms with E-state index >= 15 is 0 Å². The predicted molar refractivity (Wildman–Crippen MR) is 207 cm³/mol. The highest BCUT2D eigenvalue weighted by Gasteiger charge is 2.44. The molecular weight excluding hydrogens is 646 g/mol. The Hall–Kier alpha value is -1.59. The van der Waals surface area contributed by atoms with Crippen LogP contribution in [0.15, 0.2) is 36.5 Å². The summed E-state index contributed by atoms with van der Waals surface area (Å²) >= 11 is 0. The third-order valence-corrected chi connectivity index (χ3v) is 9.71. The molecule has 9 heteroatoms. The molecule has 7 unspecified atom stereocenters. The van der Waals surface area contributed by atoms with Crippen LogP contribution < -0.4 is 5.32 Å². The van der Waals surface area contributed by atoms with Gasteiger partial charge in [0, 0.05) is 6.42 Å². The van der Waals surface area contributed by atoms with Crippen molar-refractivity contribution < 1.29 is 39.8 Å². The van der Waals surface area contributed by atoms with Gasteiger partial charge in [-0.2, -0.15) is 0 Å². The maximum absolute atomic E-state index is 12.9. The van der Waals surface area contributed by atoms with Gasteiger partial charge in [-0.05, 0) is 38.5 Å². The molecule has 1 heterocycles. The minimum atomic E-state index is -1.57. The van der Waals surface area contributed by atoms with Crippen LogP contribution in [-0.2, 0) is 14.3 Å². The van der Waals surface area contributed by atoms with E-state index in [1.54, 1.807) is 6.08 Å². The maximum Gasteiger partial charge on any atom is 0.220 e. The lowest BCUT2D eigenvalue weighted by Gasteiger charge is -2.40. The normalized spacial score (nSPS) is 22.4. The Labute approximate surface area is 311 Å². The van der Waals surface area contributed by atoms with E-state index in [9.17, 15) is 30.3 Å². The second-order valence-corrected chi connectivity index (χ2v) is 14.4. The third kappa shape index (κ3) is 24.4. The standard InChI is InChI=1S/C42H77NO8/c1-3-5-7-9-11-13-15-16-17-18-19-20-21-22-24-26-28-30-32-38(46)43-35(34-50-42-41(49)40(48)39(47)37(33-44)51-42)36(45)31-29-27-25-23-14-12-10-8-6-4-2/h6,8,14,23,29,31,35-37,39-42,44-45,47-49H,3-5,7,9-13,15-22,24-28,30,32-34H2,1-2H3,(H,43,46)/b8-6+,23-14+,31-29+. The highest BCUT2D eigenvalue weighted by molar-refractivity contribution is 5.76. The second-order valence-electron chi connectivity index (χ2n) is 14.4. The molecule has 1 aliphatic rings. The number of carbonyl (C=O) groups is 1. The molecule has 298 valence electrons. The molecule has 7 atom stereocenters. The zero-order chi connectivity index (χ0) is 37.4. The lowest BCUT2D eigenvalue weighted by atomic mass is 9.99. The van der Waals surface area contributed by atoms with Crippen LogP contribution in [0.4, 0.5) is 0 Å². The Balaban J connectivity index is 2.36. The first-order valence-electron chi connectivity index (χ1n) is 20.7. The summed E-state index contributed by atoms with van der Waals surface area (Å²) in [6, 6.07) is -0.822. The molecule has 1 aliphatic heterocycles. The summed E-state index contributed by atoms with van der Waals surface area (Å²) in [5.74, 6) is -0.193. The van der Waals surface area contributed by atoms with E-state index in [0.29, 0.717) is 6.42 Å². The van der Waals surface area contributed by atoms with E-state index in [1.807, 2.05) is 6.08 Å². The third-order valence-electron chi connectivity index (χ3n) is 9.71. The molecule has 6 N–H and O–H groups in total. The number of allylic oxidation sites excluding steroid dienone is 5. The molecule has 51 heavy (non-hydrogen) atoms. The summed E-state index contributed by atoms with van der Waals surface area (Å²) in [5.41, 5.74) is 0. The Kier molecular flexibility index (Phi) is 30.7. The average molecular weight is 724 g/mol. The van der Waals surface area contributed by atoms with Crippen molar-refractivity contribution in [1.82, 2.24) is 5.32 Å². The summed E-state index contributed by atoms with van der Waals surface area (Å²) in [5, 5.41) is 53.9. The van der Waals surface area contributed by atoms with Crippen molar-refractivity contribution in [1.29, 1.82) is 0 Å². The Morgan fingerprint density at radius 3 is 1.63 bits per heavy atom. The van der Waals surface area contributed by atoms with Crippen molar-refractivity contribution >= 4 is 5.91 Å². The average Bonchev–Trinajstić information content (AvgIpc) is 3.13. The molecule has 1 fully saturated rings. The van der Waals surface area contributed by atoms with E-state index < -0.39 is 49.5 Å². The van der Waals surface area contributed by atoms with Crippen molar-refractivity contribution in [3.8, 4) is 0 Å². The van der Waals surface area contributed by atoms with Gasteiger partial charge in [0.05, 0.1) is 25.4 Å². The monoisotopic (exact) mass is 724 g/mol. The lowest BCUT2D eigenvalue weighted by molar-refractivity contribution is -0.302. The fourth-order valence-corrected chi connectivity index (χ4v) is 6.37. The summed E-state index contributed by atoms with van der Waals surface area (Å²) in [6.07, 6.45) is 32.0. The van der Waals surface area contributed by atoms with E-state index in [-0.39, 0.29) is 12.5 Å². The SMILES string of the molecule is CC/C=C/CC/C=C/CC/C=C/C(O)C(COC1OC(CO)C(O)C(O)C1O)NC(=O)CCCCCCCCCCCCCCCCCCCC. The fraction of sp³-hybridized carbons (Fsp3) is 0.833. The molecular formula is C42H77NO8. The molecule has 0 spiro atoms. The lowest BCUT2D eigenvalue weighted by Crippen LogP contribution is -2.60. The number of unbranched alkanes of at least 4 members (excludes halogenated alkanes) is 19. The van der Waals surface area contributed by atoms with Gasteiger partial charge in [-0.15, -0.1) is 0 Å². The Morgan fingerprint density at radius 1 is 0.667 bits per heavy atom. The van der Waals surface area contributed by atoms with Gasteiger partial charge in [-0.1, -0.05) is 159 Å². The molecule has 0 radical (unpaired) electrons. The highest BCUT2D eigenvalue weighted by Crippen LogP contribution is 2.22. The number of carbonyl (C=O) groups excluding carboxylic acids is 1. The minimum absolute atomic E-state index is 0.193. The van der Waals surface area contributed by atoms with Crippen LogP contribution in [0.3, 0.4) is 0 Å². The van der Waals surface area contributed by atoms with Crippen LogP contribution in [0.25, 0.3) is 0 Å². The van der Waals surface area contributed by atoms with E-state index in [2.05, 4.69) is 43.5 Å². The topological polar surface area (TPSA) is 149 Å². The van der Waals surface area contributed by atoms with Crippen LogP contribution >= 0.6 is 0 Å². The number of aliphatic hydroxyl groups is 5. The van der Waals surface area contributed by atoms with Crippen LogP contribution in [0.1, 0.15) is 168 Å². The Bertz CT molecular complexity index is 894. The zero-order valence-electron chi connectivity index (χ0n) is 32.4. The number of aliphatic hydroxyl groups excluding tert-OH is 5. The van der Waals surface area contributed by atoms with Crippen LogP contribution in [0, 0.1) is 0 Å². The van der Waals surface area contributed by atoms with Crippen molar-refractivity contribution in [3.05, 3.63) is 36.5 Å². The van der Waals surface area contributed by atoms with Crippen LogP contribution in [0.5, 0.6) is 0 Å². The van der Waals surface area contributed by atoms with Gasteiger partial charge in [0.2, 0.25) is 5.91 Å². The highest BCUT2D eigenvalue weighted by atomic mass is 16.7. The van der Waals surface area contributed by atoms with E-state index in [0.717, 1.165) is 51.4 Å². The molecule has 1 amide bonds. The van der Waals surface area contributed by atoms with Gasteiger partial charge < -0.3 is 40.3 Å².